The normalized spacial score (nSPS) is 13.4. The van der Waals surface area contributed by atoms with Crippen LogP contribution in [0.3, 0.4) is 0 Å². The number of benzene rings is 2. The van der Waals surface area contributed by atoms with Crippen LogP contribution in [-0.2, 0) is 0 Å². The summed E-state index contributed by atoms with van der Waals surface area (Å²) in [4.78, 5) is 31.5. The maximum absolute atomic E-state index is 13.2. The van der Waals surface area contributed by atoms with Gasteiger partial charge in [0.25, 0.3) is 11.8 Å². The van der Waals surface area contributed by atoms with Crippen LogP contribution in [-0.4, -0.2) is 23.3 Å². The van der Waals surface area contributed by atoms with Crippen LogP contribution in [0.2, 0.25) is 0 Å². The van der Waals surface area contributed by atoms with Gasteiger partial charge in [-0.2, -0.15) is 0 Å². The summed E-state index contributed by atoms with van der Waals surface area (Å²) in [5.74, 6) is -0.329. The van der Waals surface area contributed by atoms with Crippen molar-refractivity contribution in [1.82, 2.24) is 4.90 Å². The van der Waals surface area contributed by atoms with Gasteiger partial charge in [-0.1, -0.05) is 50.5 Å². The first-order valence-corrected chi connectivity index (χ1v) is 12.4. The Morgan fingerprint density at radius 1 is 0.742 bits per heavy atom. The number of thiophene rings is 2. The number of unbranched alkanes of at least 4 members (excludes halogenated alkanes) is 3. The molecule has 0 saturated carbocycles. The van der Waals surface area contributed by atoms with E-state index in [0.29, 0.717) is 17.7 Å². The topological polar surface area (TPSA) is 37.4 Å². The van der Waals surface area contributed by atoms with Gasteiger partial charge in [0, 0.05) is 37.7 Å². The third kappa shape index (κ3) is 3.52. The van der Waals surface area contributed by atoms with E-state index in [2.05, 4.69) is 36.6 Å². The highest BCUT2D eigenvalue weighted by Gasteiger charge is 2.33. The lowest BCUT2D eigenvalue weighted by Gasteiger charge is -2.27. The zero-order chi connectivity index (χ0) is 21.4. The number of carbonyl (C=O) groups excluding carboxylic acids is 2. The van der Waals surface area contributed by atoms with Gasteiger partial charge in [0.05, 0.1) is 0 Å². The number of hydrogen-bond acceptors (Lipinski definition) is 4. The van der Waals surface area contributed by atoms with E-state index in [-0.39, 0.29) is 11.8 Å². The van der Waals surface area contributed by atoms with Crippen LogP contribution < -0.4 is 0 Å². The Morgan fingerprint density at radius 3 is 2.29 bits per heavy atom. The molecule has 0 spiro atoms. The van der Waals surface area contributed by atoms with Crippen LogP contribution in [0.1, 0.15) is 53.3 Å². The van der Waals surface area contributed by atoms with Crippen LogP contribution >= 0.6 is 22.7 Å². The SMILES string of the molecule is CCCCCCN1C(=O)c2cccc3c(-c4ccc(-c5cccs5)s4)ccc(c23)C1=O. The molecule has 0 N–H and O–H groups in total. The third-order valence-electron chi connectivity index (χ3n) is 5.86. The molecule has 0 saturated heterocycles. The van der Waals surface area contributed by atoms with Gasteiger partial charge >= 0.3 is 0 Å². The molecule has 1 aliphatic rings. The summed E-state index contributed by atoms with van der Waals surface area (Å²) in [6.45, 7) is 2.65. The molecule has 5 heteroatoms. The average Bonchev–Trinajstić information content (AvgIpc) is 3.48. The molecule has 0 aliphatic carbocycles. The lowest BCUT2D eigenvalue weighted by atomic mass is 9.90. The summed E-state index contributed by atoms with van der Waals surface area (Å²) < 4.78 is 0. The predicted molar refractivity (Wildman–Crippen MR) is 130 cm³/mol. The first-order valence-electron chi connectivity index (χ1n) is 10.7. The molecule has 31 heavy (non-hydrogen) atoms. The first-order chi connectivity index (χ1) is 15.2. The Balaban J connectivity index is 1.55. The van der Waals surface area contributed by atoms with Crippen LogP contribution in [0.5, 0.6) is 0 Å². The van der Waals surface area contributed by atoms with Crippen LogP contribution in [0, 0.1) is 0 Å². The van der Waals surface area contributed by atoms with Gasteiger partial charge in [0.1, 0.15) is 0 Å². The van der Waals surface area contributed by atoms with Crippen molar-refractivity contribution in [3.05, 3.63) is 71.1 Å². The van der Waals surface area contributed by atoms with Gasteiger partial charge in [-0.25, -0.2) is 0 Å². The van der Waals surface area contributed by atoms with Crippen LogP contribution in [0.15, 0.2) is 60.0 Å². The van der Waals surface area contributed by atoms with Crippen molar-refractivity contribution in [2.45, 2.75) is 32.6 Å². The molecule has 0 atom stereocenters. The quantitative estimate of drug-likeness (QED) is 0.218. The minimum Gasteiger partial charge on any atom is -0.274 e. The minimum absolute atomic E-state index is 0.165. The van der Waals surface area contributed by atoms with E-state index in [9.17, 15) is 9.59 Å². The van der Waals surface area contributed by atoms with Gasteiger partial charge < -0.3 is 0 Å². The summed E-state index contributed by atoms with van der Waals surface area (Å²) in [5, 5.41) is 3.86. The third-order valence-corrected chi connectivity index (χ3v) is 8.05. The van der Waals surface area contributed by atoms with E-state index in [4.69, 9.17) is 0 Å². The molecule has 0 unspecified atom stereocenters. The van der Waals surface area contributed by atoms with Gasteiger partial charge in [-0.3, -0.25) is 14.5 Å². The molecule has 2 aromatic carbocycles. The highest BCUT2D eigenvalue weighted by Crippen LogP contribution is 2.41. The van der Waals surface area contributed by atoms with Crippen molar-refractivity contribution >= 4 is 45.3 Å². The van der Waals surface area contributed by atoms with Gasteiger partial charge in [-0.15, -0.1) is 22.7 Å². The second-order valence-electron chi connectivity index (χ2n) is 7.85. The molecule has 3 nitrogen and oxygen atoms in total. The number of rotatable bonds is 7. The molecular weight excluding hydrogens is 422 g/mol. The summed E-state index contributed by atoms with van der Waals surface area (Å²) >= 11 is 3.48. The molecule has 5 rings (SSSR count). The fraction of sp³-hybridized carbons (Fsp3) is 0.231. The zero-order valence-corrected chi connectivity index (χ0v) is 19.0. The number of imide groups is 1. The van der Waals surface area contributed by atoms with Gasteiger partial charge in [0.2, 0.25) is 0 Å². The molecule has 0 radical (unpaired) electrons. The Bertz CT molecular complexity index is 1250. The van der Waals surface area contributed by atoms with E-state index in [0.717, 1.165) is 46.9 Å². The monoisotopic (exact) mass is 445 g/mol. The molecular formula is C26H23NO2S2. The maximum atomic E-state index is 13.2. The van der Waals surface area contributed by atoms with Crippen molar-refractivity contribution in [2.24, 2.45) is 0 Å². The average molecular weight is 446 g/mol. The Morgan fingerprint density at radius 2 is 1.52 bits per heavy atom. The van der Waals surface area contributed by atoms with Crippen LogP contribution in [0.25, 0.3) is 31.0 Å². The fourth-order valence-electron chi connectivity index (χ4n) is 4.29. The smallest absolute Gasteiger partial charge is 0.261 e. The first kappa shape index (κ1) is 20.2. The van der Waals surface area contributed by atoms with Crippen molar-refractivity contribution in [3.8, 4) is 20.2 Å². The second kappa shape index (κ2) is 8.40. The van der Waals surface area contributed by atoms with E-state index in [1.807, 2.05) is 30.3 Å². The van der Waals surface area contributed by atoms with Crippen molar-refractivity contribution in [2.75, 3.05) is 6.54 Å². The number of amides is 2. The Labute approximate surface area is 190 Å². The summed E-state index contributed by atoms with van der Waals surface area (Å²) in [6, 6.07) is 18.2. The number of carbonyl (C=O) groups is 2. The number of hydrogen-bond donors (Lipinski definition) is 0. The second-order valence-corrected chi connectivity index (χ2v) is 9.88. The van der Waals surface area contributed by atoms with E-state index in [1.54, 1.807) is 22.7 Å². The summed E-state index contributed by atoms with van der Waals surface area (Å²) in [7, 11) is 0. The van der Waals surface area contributed by atoms with E-state index < -0.39 is 0 Å². The van der Waals surface area contributed by atoms with E-state index >= 15 is 0 Å². The Kier molecular flexibility index (Phi) is 5.47. The minimum atomic E-state index is -0.165. The molecule has 1 aliphatic heterocycles. The highest BCUT2D eigenvalue weighted by molar-refractivity contribution is 7.23. The molecule has 0 fully saturated rings. The highest BCUT2D eigenvalue weighted by atomic mass is 32.1. The van der Waals surface area contributed by atoms with Crippen molar-refractivity contribution in [1.29, 1.82) is 0 Å². The molecule has 2 amide bonds. The molecule has 4 aromatic rings. The van der Waals surface area contributed by atoms with Gasteiger partial charge in [-0.05, 0) is 53.1 Å². The lowest BCUT2D eigenvalue weighted by Crippen LogP contribution is -2.40. The molecule has 0 bridgehead atoms. The van der Waals surface area contributed by atoms with Crippen molar-refractivity contribution in [3.63, 3.8) is 0 Å². The molecule has 2 aromatic heterocycles. The largest absolute Gasteiger partial charge is 0.274 e. The van der Waals surface area contributed by atoms with Crippen LogP contribution in [0.4, 0.5) is 0 Å². The Hall–Kier alpha value is -2.76. The summed E-state index contributed by atoms with van der Waals surface area (Å²) in [5.41, 5.74) is 2.35. The van der Waals surface area contributed by atoms with Crippen molar-refractivity contribution < 1.29 is 9.59 Å². The predicted octanol–water partition coefficient (Wildman–Crippen LogP) is 7.47. The van der Waals surface area contributed by atoms with Gasteiger partial charge in [0.15, 0.2) is 0 Å². The standard InChI is InChI=1S/C26H23NO2S2/c1-2-3-4-5-15-27-25(28)19-9-6-8-18-17(11-12-20(24(18)19)26(27)29)21-13-14-23(31-21)22-10-7-16-30-22/h6-14,16H,2-5,15H2,1H3. The molecule has 156 valence electrons. The number of nitrogens with zero attached hydrogens (tertiary/aromatic N) is 1. The summed E-state index contributed by atoms with van der Waals surface area (Å²) in [6.07, 6.45) is 4.15. The molecule has 3 heterocycles. The van der Waals surface area contributed by atoms with E-state index in [1.165, 1.54) is 14.7 Å². The fourth-order valence-corrected chi connectivity index (χ4v) is 6.17. The zero-order valence-electron chi connectivity index (χ0n) is 17.4. The maximum Gasteiger partial charge on any atom is 0.261 e. The lowest BCUT2D eigenvalue weighted by molar-refractivity contribution is 0.0608.